The number of nitriles is 1. The fraction of sp³-hybridized carbons (Fsp3) is 0.368. The van der Waals surface area contributed by atoms with E-state index in [1.807, 2.05) is 30.3 Å². The Labute approximate surface area is 153 Å². The molecule has 6 nitrogen and oxygen atoms in total. The molecular formula is C19H21N3O3S. The van der Waals surface area contributed by atoms with Crippen LogP contribution in [0.25, 0.3) is 10.8 Å². The average Bonchev–Trinajstić information content (AvgIpc) is 3.15. The van der Waals surface area contributed by atoms with Crippen molar-refractivity contribution in [2.45, 2.75) is 30.2 Å². The predicted octanol–water partition coefficient (Wildman–Crippen LogP) is 2.36. The van der Waals surface area contributed by atoms with E-state index in [0.29, 0.717) is 25.9 Å². The van der Waals surface area contributed by atoms with Gasteiger partial charge in [-0.3, -0.25) is 4.79 Å². The number of rotatable bonds is 5. The minimum absolute atomic E-state index is 0.204. The number of likely N-dealkylation sites (N-methyl/N-ethyl adjacent to an activating group) is 1. The highest BCUT2D eigenvalue weighted by Gasteiger charge is 2.40. The second-order valence-electron chi connectivity index (χ2n) is 6.45. The van der Waals surface area contributed by atoms with Crippen LogP contribution in [-0.2, 0) is 14.8 Å². The number of benzene rings is 2. The Balaban J connectivity index is 1.89. The zero-order valence-electron chi connectivity index (χ0n) is 14.6. The van der Waals surface area contributed by atoms with Gasteiger partial charge >= 0.3 is 0 Å². The summed E-state index contributed by atoms with van der Waals surface area (Å²) in [7, 11) is -2.15. The lowest BCUT2D eigenvalue weighted by molar-refractivity contribution is -0.133. The first-order valence-corrected chi connectivity index (χ1v) is 10.0. The number of fused-ring (bicyclic) bond motifs is 1. The lowest BCUT2D eigenvalue weighted by atomic mass is 10.1. The van der Waals surface area contributed by atoms with Gasteiger partial charge in [0.25, 0.3) is 0 Å². The maximum Gasteiger partial charge on any atom is 0.243 e. The molecule has 1 aliphatic heterocycles. The van der Waals surface area contributed by atoms with Crippen LogP contribution in [0.4, 0.5) is 0 Å². The van der Waals surface area contributed by atoms with E-state index in [9.17, 15) is 13.2 Å². The minimum atomic E-state index is -3.76. The molecule has 7 heteroatoms. The van der Waals surface area contributed by atoms with Gasteiger partial charge in [-0.05, 0) is 35.7 Å². The van der Waals surface area contributed by atoms with Crippen LogP contribution < -0.4 is 0 Å². The van der Waals surface area contributed by atoms with Crippen molar-refractivity contribution in [3.05, 3.63) is 42.5 Å². The Morgan fingerprint density at radius 3 is 2.73 bits per heavy atom. The molecule has 0 unspecified atom stereocenters. The van der Waals surface area contributed by atoms with Gasteiger partial charge in [-0.1, -0.05) is 30.3 Å². The van der Waals surface area contributed by atoms with Crippen molar-refractivity contribution in [1.29, 1.82) is 5.26 Å². The number of carbonyl (C=O) groups excluding carboxylic acids is 1. The SMILES string of the molecule is CN(CCC#N)C(=O)[C@H]1CCCN1S(=O)(=O)c1ccc2ccccc2c1. The van der Waals surface area contributed by atoms with Crippen molar-refractivity contribution >= 4 is 26.7 Å². The highest BCUT2D eigenvalue weighted by Crippen LogP contribution is 2.29. The van der Waals surface area contributed by atoms with Crippen LogP contribution in [-0.4, -0.2) is 49.7 Å². The second-order valence-corrected chi connectivity index (χ2v) is 8.34. The quantitative estimate of drug-likeness (QED) is 0.808. The van der Waals surface area contributed by atoms with Crippen LogP contribution in [0.1, 0.15) is 19.3 Å². The van der Waals surface area contributed by atoms with Crippen molar-refractivity contribution < 1.29 is 13.2 Å². The van der Waals surface area contributed by atoms with Crippen LogP contribution in [0.3, 0.4) is 0 Å². The summed E-state index contributed by atoms with van der Waals surface area (Å²) in [6.45, 7) is 0.632. The summed E-state index contributed by atoms with van der Waals surface area (Å²) in [5.74, 6) is -0.248. The molecule has 1 amide bonds. The third-order valence-corrected chi connectivity index (χ3v) is 6.66. The van der Waals surface area contributed by atoms with Crippen molar-refractivity contribution in [1.82, 2.24) is 9.21 Å². The molecule has 0 bridgehead atoms. The normalized spacial score (nSPS) is 17.9. The summed E-state index contributed by atoms with van der Waals surface area (Å²) in [4.78, 5) is 14.3. The summed E-state index contributed by atoms with van der Waals surface area (Å²) in [5.41, 5.74) is 0. The van der Waals surface area contributed by atoms with E-state index < -0.39 is 16.1 Å². The Kier molecular flexibility index (Phi) is 5.25. The molecule has 0 radical (unpaired) electrons. The molecule has 0 aliphatic carbocycles. The summed E-state index contributed by atoms with van der Waals surface area (Å²) < 4.78 is 27.6. The molecule has 3 rings (SSSR count). The van der Waals surface area contributed by atoms with E-state index >= 15 is 0 Å². The van der Waals surface area contributed by atoms with E-state index in [2.05, 4.69) is 0 Å². The van der Waals surface area contributed by atoms with E-state index in [-0.39, 0.29) is 17.2 Å². The number of sulfonamides is 1. The molecule has 1 aliphatic rings. The van der Waals surface area contributed by atoms with Gasteiger partial charge < -0.3 is 4.90 Å². The molecular weight excluding hydrogens is 350 g/mol. The fourth-order valence-electron chi connectivity index (χ4n) is 3.32. The van der Waals surface area contributed by atoms with Gasteiger partial charge in [0.05, 0.1) is 17.4 Å². The minimum Gasteiger partial charge on any atom is -0.343 e. The zero-order chi connectivity index (χ0) is 18.7. The maximum absolute atomic E-state index is 13.1. The van der Waals surface area contributed by atoms with Gasteiger partial charge in [-0.2, -0.15) is 9.57 Å². The molecule has 2 aromatic rings. The number of nitrogens with zero attached hydrogens (tertiary/aromatic N) is 3. The van der Waals surface area contributed by atoms with E-state index in [1.54, 1.807) is 25.2 Å². The predicted molar refractivity (Wildman–Crippen MR) is 98.7 cm³/mol. The molecule has 1 heterocycles. The van der Waals surface area contributed by atoms with Gasteiger partial charge in [0.15, 0.2) is 0 Å². The summed E-state index contributed by atoms with van der Waals surface area (Å²) >= 11 is 0. The van der Waals surface area contributed by atoms with Gasteiger partial charge in [0.2, 0.25) is 15.9 Å². The van der Waals surface area contributed by atoms with Crippen LogP contribution in [0.5, 0.6) is 0 Å². The third-order valence-electron chi connectivity index (χ3n) is 4.75. The number of hydrogen-bond acceptors (Lipinski definition) is 4. The van der Waals surface area contributed by atoms with E-state index in [1.165, 1.54) is 9.21 Å². The van der Waals surface area contributed by atoms with Crippen molar-refractivity contribution in [3.8, 4) is 6.07 Å². The standard InChI is InChI=1S/C19H21N3O3S/c1-21(12-5-11-20)19(23)18-8-4-13-22(18)26(24,25)17-10-9-15-6-2-3-7-16(15)14-17/h2-3,6-7,9-10,14,18H,4-5,8,12-13H2,1H3/t18-/m1/s1. The molecule has 0 N–H and O–H groups in total. The Hall–Kier alpha value is -2.43. The monoisotopic (exact) mass is 371 g/mol. The van der Waals surface area contributed by atoms with Crippen molar-refractivity contribution in [2.24, 2.45) is 0 Å². The van der Waals surface area contributed by atoms with E-state index in [0.717, 1.165) is 10.8 Å². The topological polar surface area (TPSA) is 81.5 Å². The Morgan fingerprint density at radius 1 is 1.27 bits per heavy atom. The van der Waals surface area contributed by atoms with Crippen LogP contribution in [0, 0.1) is 11.3 Å². The van der Waals surface area contributed by atoms with Gasteiger partial charge in [0.1, 0.15) is 6.04 Å². The zero-order valence-corrected chi connectivity index (χ0v) is 15.4. The first kappa shape index (κ1) is 18.4. The first-order chi connectivity index (χ1) is 12.4. The molecule has 1 saturated heterocycles. The molecule has 0 spiro atoms. The average molecular weight is 371 g/mol. The largest absolute Gasteiger partial charge is 0.343 e. The lowest BCUT2D eigenvalue weighted by Gasteiger charge is -2.27. The molecule has 0 aromatic heterocycles. The van der Waals surface area contributed by atoms with Crippen molar-refractivity contribution in [3.63, 3.8) is 0 Å². The van der Waals surface area contributed by atoms with Crippen LogP contribution >= 0.6 is 0 Å². The van der Waals surface area contributed by atoms with E-state index in [4.69, 9.17) is 5.26 Å². The van der Waals surface area contributed by atoms with Gasteiger partial charge in [0, 0.05) is 20.1 Å². The van der Waals surface area contributed by atoms with Gasteiger partial charge in [-0.15, -0.1) is 0 Å². The molecule has 136 valence electrons. The first-order valence-electron chi connectivity index (χ1n) is 8.58. The number of carbonyl (C=O) groups is 1. The molecule has 26 heavy (non-hydrogen) atoms. The summed E-state index contributed by atoms with van der Waals surface area (Å²) in [6, 6.07) is 13.9. The molecule has 1 fully saturated rings. The fourth-order valence-corrected chi connectivity index (χ4v) is 5.01. The van der Waals surface area contributed by atoms with Crippen LogP contribution in [0.2, 0.25) is 0 Å². The summed E-state index contributed by atoms with van der Waals surface area (Å²) in [6.07, 6.45) is 1.38. The molecule has 0 saturated carbocycles. The Morgan fingerprint density at radius 2 is 2.00 bits per heavy atom. The summed E-state index contributed by atoms with van der Waals surface area (Å²) in [5, 5.41) is 10.5. The maximum atomic E-state index is 13.1. The lowest BCUT2D eigenvalue weighted by Crippen LogP contribution is -2.46. The number of amides is 1. The third kappa shape index (κ3) is 3.43. The highest BCUT2D eigenvalue weighted by atomic mass is 32.2. The second kappa shape index (κ2) is 7.44. The van der Waals surface area contributed by atoms with Crippen molar-refractivity contribution in [2.75, 3.05) is 20.1 Å². The molecule has 1 atom stereocenters. The Bertz CT molecular complexity index is 965. The molecule has 2 aromatic carbocycles. The number of hydrogen-bond donors (Lipinski definition) is 0. The smallest absolute Gasteiger partial charge is 0.243 e. The van der Waals surface area contributed by atoms with Crippen LogP contribution in [0.15, 0.2) is 47.4 Å². The van der Waals surface area contributed by atoms with Gasteiger partial charge in [-0.25, -0.2) is 8.42 Å². The highest BCUT2D eigenvalue weighted by molar-refractivity contribution is 7.89.